The fraction of sp³-hybridized carbons (Fsp3) is 0.636. The Morgan fingerprint density at radius 3 is 2.43 bits per heavy atom. The van der Waals surface area contributed by atoms with E-state index >= 15 is 0 Å². The maximum atomic E-state index is 5.74. The molecule has 3 nitrogen and oxygen atoms in total. The van der Waals surface area contributed by atoms with E-state index in [-0.39, 0.29) is 6.04 Å². The average Bonchev–Trinajstić information content (AvgIpc) is 2.01. The fourth-order valence-electron chi connectivity index (χ4n) is 1.35. The summed E-state index contributed by atoms with van der Waals surface area (Å²) < 4.78 is 0. The third-order valence-corrected chi connectivity index (χ3v) is 1.97. The zero-order valence-electron chi connectivity index (χ0n) is 9.41. The minimum atomic E-state index is 0.157. The second kappa shape index (κ2) is 4.51. The van der Waals surface area contributed by atoms with Gasteiger partial charge in [0, 0.05) is 29.8 Å². The van der Waals surface area contributed by atoms with Crippen molar-refractivity contribution >= 4 is 0 Å². The van der Waals surface area contributed by atoms with Gasteiger partial charge in [-0.1, -0.05) is 13.8 Å². The molecule has 0 aliphatic carbocycles. The van der Waals surface area contributed by atoms with Gasteiger partial charge in [-0.2, -0.15) is 0 Å². The number of hydrogen-bond acceptors (Lipinski definition) is 3. The average molecular weight is 193 g/mol. The third kappa shape index (κ3) is 3.07. The SMILES string of the molecule is Cc1cc(CC(C)N)nc(C(C)C)n1. The summed E-state index contributed by atoms with van der Waals surface area (Å²) in [5.74, 6) is 1.29. The highest BCUT2D eigenvalue weighted by Gasteiger charge is 2.07. The first-order chi connectivity index (χ1) is 6.49. The molecule has 1 unspecified atom stereocenters. The highest BCUT2D eigenvalue weighted by Crippen LogP contribution is 2.11. The molecule has 1 heterocycles. The van der Waals surface area contributed by atoms with Crippen LogP contribution in [0.3, 0.4) is 0 Å². The van der Waals surface area contributed by atoms with Crippen molar-refractivity contribution in [2.75, 3.05) is 0 Å². The van der Waals surface area contributed by atoms with Crippen LogP contribution in [0.25, 0.3) is 0 Å². The Kier molecular flexibility index (Phi) is 3.58. The van der Waals surface area contributed by atoms with Gasteiger partial charge < -0.3 is 5.73 Å². The molecule has 0 amide bonds. The van der Waals surface area contributed by atoms with Crippen LogP contribution < -0.4 is 5.73 Å². The van der Waals surface area contributed by atoms with Gasteiger partial charge in [-0.3, -0.25) is 0 Å². The van der Waals surface area contributed by atoms with Crippen LogP contribution in [0, 0.1) is 6.92 Å². The molecule has 2 N–H and O–H groups in total. The molecule has 0 aliphatic rings. The monoisotopic (exact) mass is 193 g/mol. The summed E-state index contributed by atoms with van der Waals surface area (Å²) in [7, 11) is 0. The van der Waals surface area contributed by atoms with Crippen molar-refractivity contribution < 1.29 is 0 Å². The number of nitrogens with two attached hydrogens (primary N) is 1. The number of aryl methyl sites for hydroxylation is 1. The number of aromatic nitrogens is 2. The van der Waals surface area contributed by atoms with Crippen molar-refractivity contribution in [3.8, 4) is 0 Å². The summed E-state index contributed by atoms with van der Waals surface area (Å²) in [6.45, 7) is 8.19. The molecular weight excluding hydrogens is 174 g/mol. The van der Waals surface area contributed by atoms with Gasteiger partial charge in [0.05, 0.1) is 0 Å². The summed E-state index contributed by atoms with van der Waals surface area (Å²) in [5, 5.41) is 0. The van der Waals surface area contributed by atoms with E-state index in [1.165, 1.54) is 0 Å². The summed E-state index contributed by atoms with van der Waals surface area (Å²) in [4.78, 5) is 8.87. The Labute approximate surface area is 85.8 Å². The van der Waals surface area contributed by atoms with Gasteiger partial charge in [-0.25, -0.2) is 9.97 Å². The van der Waals surface area contributed by atoms with E-state index in [9.17, 15) is 0 Å². The lowest BCUT2D eigenvalue weighted by atomic mass is 10.1. The van der Waals surface area contributed by atoms with Crippen LogP contribution in [0.4, 0.5) is 0 Å². The van der Waals surface area contributed by atoms with E-state index in [4.69, 9.17) is 5.73 Å². The quantitative estimate of drug-likeness (QED) is 0.796. The molecule has 78 valence electrons. The Balaban J connectivity index is 2.95. The van der Waals surface area contributed by atoms with Crippen LogP contribution in [0.2, 0.25) is 0 Å². The number of hydrogen-bond donors (Lipinski definition) is 1. The molecule has 3 heteroatoms. The van der Waals surface area contributed by atoms with Crippen molar-refractivity contribution in [2.24, 2.45) is 5.73 Å². The molecule has 0 bridgehead atoms. The molecule has 0 saturated carbocycles. The molecule has 1 atom stereocenters. The van der Waals surface area contributed by atoms with Crippen molar-refractivity contribution in [3.05, 3.63) is 23.3 Å². The molecule has 14 heavy (non-hydrogen) atoms. The minimum Gasteiger partial charge on any atom is -0.328 e. The van der Waals surface area contributed by atoms with Crippen LogP contribution in [-0.4, -0.2) is 16.0 Å². The second-order valence-electron chi connectivity index (χ2n) is 4.19. The summed E-state index contributed by atoms with van der Waals surface area (Å²) >= 11 is 0. The molecule has 1 aromatic heterocycles. The van der Waals surface area contributed by atoms with E-state index < -0.39 is 0 Å². The van der Waals surface area contributed by atoms with Gasteiger partial charge in [0.15, 0.2) is 0 Å². The zero-order valence-corrected chi connectivity index (χ0v) is 9.41. The first kappa shape index (κ1) is 11.1. The van der Waals surface area contributed by atoms with E-state index in [0.717, 1.165) is 23.6 Å². The summed E-state index contributed by atoms with van der Waals surface area (Å²) in [6.07, 6.45) is 0.823. The van der Waals surface area contributed by atoms with Gasteiger partial charge in [-0.05, 0) is 19.9 Å². The van der Waals surface area contributed by atoms with Crippen LogP contribution >= 0.6 is 0 Å². The van der Waals surface area contributed by atoms with Crippen LogP contribution in [0.15, 0.2) is 6.07 Å². The molecule has 0 radical (unpaired) electrons. The van der Waals surface area contributed by atoms with Crippen molar-refractivity contribution in [1.82, 2.24) is 9.97 Å². The molecule has 0 spiro atoms. The molecule has 1 aromatic rings. The molecule has 1 rings (SSSR count). The maximum Gasteiger partial charge on any atom is 0.131 e. The van der Waals surface area contributed by atoms with E-state index in [1.807, 2.05) is 19.9 Å². The predicted octanol–water partition coefficient (Wildman–Crippen LogP) is 1.80. The minimum absolute atomic E-state index is 0.157. The third-order valence-electron chi connectivity index (χ3n) is 1.97. The number of rotatable bonds is 3. The molecule has 0 saturated heterocycles. The van der Waals surface area contributed by atoms with E-state index in [2.05, 4.69) is 23.8 Å². The Morgan fingerprint density at radius 1 is 1.29 bits per heavy atom. The van der Waals surface area contributed by atoms with Gasteiger partial charge in [-0.15, -0.1) is 0 Å². The second-order valence-corrected chi connectivity index (χ2v) is 4.19. The lowest BCUT2D eigenvalue weighted by Gasteiger charge is -2.09. The van der Waals surface area contributed by atoms with E-state index in [1.54, 1.807) is 0 Å². The van der Waals surface area contributed by atoms with Crippen molar-refractivity contribution in [2.45, 2.75) is 46.1 Å². The first-order valence-corrected chi connectivity index (χ1v) is 5.09. The smallest absolute Gasteiger partial charge is 0.131 e. The summed E-state index contributed by atoms with van der Waals surface area (Å²) in [6, 6.07) is 2.17. The molecule has 0 fully saturated rings. The Bertz CT molecular complexity index is 305. The van der Waals surface area contributed by atoms with Gasteiger partial charge in [0.25, 0.3) is 0 Å². The Hall–Kier alpha value is -0.960. The molecular formula is C11H19N3. The van der Waals surface area contributed by atoms with Gasteiger partial charge in [0.2, 0.25) is 0 Å². The van der Waals surface area contributed by atoms with Gasteiger partial charge >= 0.3 is 0 Å². The largest absolute Gasteiger partial charge is 0.328 e. The predicted molar refractivity (Wildman–Crippen MR) is 58.2 cm³/mol. The van der Waals surface area contributed by atoms with Gasteiger partial charge in [0.1, 0.15) is 5.82 Å². The normalized spacial score (nSPS) is 13.3. The highest BCUT2D eigenvalue weighted by atomic mass is 14.9. The van der Waals surface area contributed by atoms with Crippen molar-refractivity contribution in [1.29, 1.82) is 0 Å². The van der Waals surface area contributed by atoms with E-state index in [0.29, 0.717) is 5.92 Å². The maximum absolute atomic E-state index is 5.74. The fourth-order valence-corrected chi connectivity index (χ4v) is 1.35. The van der Waals surface area contributed by atoms with Crippen LogP contribution in [-0.2, 0) is 6.42 Å². The topological polar surface area (TPSA) is 51.8 Å². The standard InChI is InChI=1S/C11H19N3/c1-7(2)11-13-9(4)6-10(14-11)5-8(3)12/h6-8H,5,12H2,1-4H3. The lowest BCUT2D eigenvalue weighted by molar-refractivity contribution is 0.692. The molecule has 0 aliphatic heterocycles. The first-order valence-electron chi connectivity index (χ1n) is 5.09. The summed E-state index contributed by atoms with van der Waals surface area (Å²) in [5.41, 5.74) is 7.82. The number of nitrogens with zero attached hydrogens (tertiary/aromatic N) is 2. The highest BCUT2D eigenvalue weighted by molar-refractivity contribution is 5.12. The van der Waals surface area contributed by atoms with Crippen molar-refractivity contribution in [3.63, 3.8) is 0 Å². The lowest BCUT2D eigenvalue weighted by Crippen LogP contribution is -2.19. The van der Waals surface area contributed by atoms with Crippen LogP contribution in [0.1, 0.15) is 43.9 Å². The van der Waals surface area contributed by atoms with Crippen LogP contribution in [0.5, 0.6) is 0 Å². The Morgan fingerprint density at radius 2 is 1.93 bits per heavy atom. The molecule has 0 aromatic carbocycles. The zero-order chi connectivity index (χ0) is 10.7.